The molecule has 0 aromatic heterocycles. The standard InChI is InChI=1S/C29H30N2O3/c1-5-25(30-27(33)34-28(2,3)4)21-26(32)31-29(22-15-9-6-10-16-22,23-17-11-7-12-18-23)24-19-13-8-14-20-24/h1,6-20,25H,21H2,2-4H3,(H,30,33)(H,31,32). The lowest BCUT2D eigenvalue weighted by Crippen LogP contribution is -2.49. The largest absolute Gasteiger partial charge is 0.444 e. The quantitative estimate of drug-likeness (QED) is 0.390. The van der Waals surface area contributed by atoms with Gasteiger partial charge >= 0.3 is 6.09 Å². The zero-order valence-electron chi connectivity index (χ0n) is 19.7. The highest BCUT2D eigenvalue weighted by atomic mass is 16.6. The fraction of sp³-hybridized carbons (Fsp3) is 0.241. The second kappa shape index (κ2) is 10.7. The van der Waals surface area contributed by atoms with Crippen LogP contribution in [0.4, 0.5) is 4.79 Å². The Labute approximate surface area is 201 Å². The zero-order chi connectivity index (χ0) is 24.6. The van der Waals surface area contributed by atoms with Crippen molar-refractivity contribution in [2.24, 2.45) is 0 Å². The average Bonchev–Trinajstić information content (AvgIpc) is 2.82. The number of hydrogen-bond donors (Lipinski definition) is 2. The number of terminal acetylenes is 1. The molecule has 0 radical (unpaired) electrons. The first-order valence-electron chi connectivity index (χ1n) is 11.2. The van der Waals surface area contributed by atoms with Gasteiger partial charge in [0.1, 0.15) is 17.2 Å². The second-order valence-electron chi connectivity index (χ2n) is 8.97. The van der Waals surface area contributed by atoms with E-state index in [4.69, 9.17) is 11.2 Å². The first-order valence-corrected chi connectivity index (χ1v) is 11.2. The third-order valence-corrected chi connectivity index (χ3v) is 5.23. The van der Waals surface area contributed by atoms with Gasteiger partial charge in [-0.2, -0.15) is 0 Å². The van der Waals surface area contributed by atoms with Crippen LogP contribution in [0.25, 0.3) is 0 Å². The third kappa shape index (κ3) is 6.05. The van der Waals surface area contributed by atoms with Crippen LogP contribution in [0.5, 0.6) is 0 Å². The second-order valence-corrected chi connectivity index (χ2v) is 8.97. The van der Waals surface area contributed by atoms with Crippen LogP contribution in [0.1, 0.15) is 43.9 Å². The predicted octanol–water partition coefficient (Wildman–Crippen LogP) is 5.01. The normalized spacial score (nSPS) is 12.2. The molecule has 1 atom stereocenters. The molecule has 3 aromatic rings. The highest BCUT2D eigenvalue weighted by Gasteiger charge is 2.38. The van der Waals surface area contributed by atoms with E-state index in [1.165, 1.54) is 0 Å². The van der Waals surface area contributed by atoms with Crippen LogP contribution in [0.15, 0.2) is 91.0 Å². The Balaban J connectivity index is 1.97. The summed E-state index contributed by atoms with van der Waals surface area (Å²) < 4.78 is 5.28. The van der Waals surface area contributed by atoms with Crippen LogP contribution in [0, 0.1) is 12.3 Å². The van der Waals surface area contributed by atoms with Crippen LogP contribution in [0.2, 0.25) is 0 Å². The smallest absolute Gasteiger partial charge is 0.408 e. The van der Waals surface area contributed by atoms with Gasteiger partial charge in [0.25, 0.3) is 0 Å². The molecule has 1 unspecified atom stereocenters. The number of alkyl carbamates (subject to hydrolysis) is 1. The van der Waals surface area contributed by atoms with Crippen LogP contribution >= 0.6 is 0 Å². The Hall–Kier alpha value is -4.04. The Morgan fingerprint density at radius 3 is 1.59 bits per heavy atom. The maximum Gasteiger partial charge on any atom is 0.408 e. The predicted molar refractivity (Wildman–Crippen MR) is 134 cm³/mol. The number of nitrogens with one attached hydrogen (secondary N) is 2. The first kappa shape index (κ1) is 24.6. The Morgan fingerprint density at radius 1 is 0.824 bits per heavy atom. The molecule has 0 saturated heterocycles. The van der Waals surface area contributed by atoms with Crippen molar-refractivity contribution < 1.29 is 14.3 Å². The van der Waals surface area contributed by atoms with E-state index >= 15 is 0 Å². The third-order valence-electron chi connectivity index (χ3n) is 5.23. The SMILES string of the molecule is C#CC(CC(=O)NC(c1ccccc1)(c1ccccc1)c1ccccc1)NC(=O)OC(C)(C)C. The van der Waals surface area contributed by atoms with Gasteiger partial charge in [-0.1, -0.05) is 96.9 Å². The number of ether oxygens (including phenoxy) is 1. The molecule has 0 aliphatic carbocycles. The number of carbonyl (C=O) groups is 2. The molecular weight excluding hydrogens is 424 g/mol. The monoisotopic (exact) mass is 454 g/mol. The van der Waals surface area contributed by atoms with E-state index in [0.717, 1.165) is 16.7 Å². The van der Waals surface area contributed by atoms with Gasteiger partial charge in [-0.05, 0) is 37.5 Å². The lowest BCUT2D eigenvalue weighted by molar-refractivity contribution is -0.122. The van der Waals surface area contributed by atoms with Crippen molar-refractivity contribution in [2.45, 2.75) is 44.4 Å². The van der Waals surface area contributed by atoms with Crippen molar-refractivity contribution in [3.8, 4) is 12.3 Å². The van der Waals surface area contributed by atoms with Crippen molar-refractivity contribution in [2.75, 3.05) is 0 Å². The fourth-order valence-electron chi connectivity index (χ4n) is 3.83. The number of hydrogen-bond acceptors (Lipinski definition) is 3. The van der Waals surface area contributed by atoms with Gasteiger partial charge in [-0.15, -0.1) is 6.42 Å². The van der Waals surface area contributed by atoms with E-state index in [1.54, 1.807) is 20.8 Å². The molecule has 5 nitrogen and oxygen atoms in total. The van der Waals surface area contributed by atoms with E-state index < -0.39 is 23.3 Å². The minimum Gasteiger partial charge on any atom is -0.444 e. The minimum atomic E-state index is -0.952. The Kier molecular flexibility index (Phi) is 7.75. The molecule has 0 saturated carbocycles. The van der Waals surface area contributed by atoms with Crippen LogP contribution < -0.4 is 10.6 Å². The van der Waals surface area contributed by atoms with Crippen molar-refractivity contribution >= 4 is 12.0 Å². The summed E-state index contributed by atoms with van der Waals surface area (Å²) in [5.74, 6) is 2.17. The van der Waals surface area contributed by atoms with Crippen molar-refractivity contribution in [3.63, 3.8) is 0 Å². The summed E-state index contributed by atoms with van der Waals surface area (Å²) in [6, 6.07) is 28.5. The molecule has 5 heteroatoms. The topological polar surface area (TPSA) is 67.4 Å². The average molecular weight is 455 g/mol. The summed E-state index contributed by atoms with van der Waals surface area (Å²) >= 11 is 0. The van der Waals surface area contributed by atoms with E-state index in [2.05, 4.69) is 16.6 Å². The van der Waals surface area contributed by atoms with Gasteiger partial charge in [0.05, 0.1) is 6.42 Å². The van der Waals surface area contributed by atoms with Crippen LogP contribution in [-0.4, -0.2) is 23.6 Å². The number of rotatable bonds is 7. The van der Waals surface area contributed by atoms with Gasteiger partial charge < -0.3 is 15.4 Å². The van der Waals surface area contributed by atoms with Crippen molar-refractivity contribution in [1.82, 2.24) is 10.6 Å². The maximum absolute atomic E-state index is 13.4. The van der Waals surface area contributed by atoms with Gasteiger partial charge in [0.15, 0.2) is 0 Å². The van der Waals surface area contributed by atoms with E-state index in [-0.39, 0.29) is 12.3 Å². The summed E-state index contributed by atoms with van der Waals surface area (Å²) in [5.41, 5.74) is 1.08. The Bertz CT molecular complexity index is 1030. The molecule has 3 aromatic carbocycles. The fourth-order valence-corrected chi connectivity index (χ4v) is 3.83. The van der Waals surface area contributed by atoms with Crippen LogP contribution in [0.3, 0.4) is 0 Å². The summed E-state index contributed by atoms with van der Waals surface area (Å²) in [4.78, 5) is 25.6. The number of benzene rings is 3. The van der Waals surface area contributed by atoms with Gasteiger partial charge in [0.2, 0.25) is 5.91 Å². The van der Waals surface area contributed by atoms with Gasteiger partial charge in [-0.25, -0.2) is 4.79 Å². The zero-order valence-corrected chi connectivity index (χ0v) is 19.7. The van der Waals surface area contributed by atoms with Crippen molar-refractivity contribution in [1.29, 1.82) is 0 Å². The lowest BCUT2D eigenvalue weighted by Gasteiger charge is -2.37. The summed E-state index contributed by atoms with van der Waals surface area (Å²) in [7, 11) is 0. The summed E-state index contributed by atoms with van der Waals surface area (Å²) in [5, 5.41) is 5.84. The van der Waals surface area contributed by atoms with Gasteiger partial charge in [0, 0.05) is 0 Å². The maximum atomic E-state index is 13.4. The summed E-state index contributed by atoms with van der Waals surface area (Å²) in [6.07, 6.45) is 4.86. The lowest BCUT2D eigenvalue weighted by atomic mass is 9.77. The Morgan fingerprint density at radius 2 is 1.24 bits per heavy atom. The highest BCUT2D eigenvalue weighted by Crippen LogP contribution is 2.36. The molecular formula is C29H30N2O3. The van der Waals surface area contributed by atoms with Crippen LogP contribution in [-0.2, 0) is 15.1 Å². The van der Waals surface area contributed by atoms with E-state index in [1.807, 2.05) is 91.0 Å². The molecule has 0 aliphatic rings. The number of amides is 2. The molecule has 2 N–H and O–H groups in total. The molecule has 0 fully saturated rings. The molecule has 0 aliphatic heterocycles. The minimum absolute atomic E-state index is 0.107. The molecule has 0 heterocycles. The molecule has 2 amide bonds. The molecule has 3 rings (SSSR count). The first-order chi connectivity index (χ1) is 16.2. The van der Waals surface area contributed by atoms with E-state index in [9.17, 15) is 9.59 Å². The molecule has 0 bridgehead atoms. The summed E-state index contributed by atoms with van der Waals surface area (Å²) in [6.45, 7) is 5.29. The van der Waals surface area contributed by atoms with Gasteiger partial charge in [-0.3, -0.25) is 4.79 Å². The molecule has 34 heavy (non-hydrogen) atoms. The molecule has 0 spiro atoms. The van der Waals surface area contributed by atoms with E-state index in [0.29, 0.717) is 0 Å². The van der Waals surface area contributed by atoms with Crippen molar-refractivity contribution in [3.05, 3.63) is 108 Å². The number of carbonyl (C=O) groups excluding carboxylic acids is 2. The highest BCUT2D eigenvalue weighted by molar-refractivity contribution is 5.81. The molecule has 174 valence electrons.